The van der Waals surface area contributed by atoms with Crippen LogP contribution in [0.2, 0.25) is 0 Å². The number of hydrogen-bond donors (Lipinski definition) is 0. The largest absolute Gasteiger partial charge is 0.258 e. The maximum Gasteiger partial charge on any atom is 0.0631 e. The standard InChI is InChI=1S/C14H19N/c1-2-12-7-6-10-14(11-12)15-13-8-4-3-5-9-13/h6-7,10-11H,2-5,8-9H2,1H3. The summed E-state index contributed by atoms with van der Waals surface area (Å²) in [6.07, 6.45) is 7.54. The van der Waals surface area contributed by atoms with Gasteiger partial charge in [0.05, 0.1) is 5.69 Å². The van der Waals surface area contributed by atoms with Crippen LogP contribution in [0.1, 0.15) is 44.6 Å². The summed E-state index contributed by atoms with van der Waals surface area (Å²) in [4.78, 5) is 4.74. The highest BCUT2D eigenvalue weighted by Gasteiger charge is 2.06. The first-order valence-electron chi connectivity index (χ1n) is 6.04. The van der Waals surface area contributed by atoms with Crippen LogP contribution in [0.15, 0.2) is 29.3 Å². The molecule has 1 aromatic carbocycles. The third-order valence-corrected chi connectivity index (χ3v) is 3.04. The lowest BCUT2D eigenvalue weighted by molar-refractivity contribution is 0.667. The highest BCUT2D eigenvalue weighted by molar-refractivity contribution is 5.87. The summed E-state index contributed by atoms with van der Waals surface area (Å²) in [5.74, 6) is 0. The minimum atomic E-state index is 1.10. The molecule has 0 amide bonds. The number of nitrogens with zero attached hydrogens (tertiary/aromatic N) is 1. The Balaban J connectivity index is 2.14. The molecule has 1 aliphatic rings. The zero-order chi connectivity index (χ0) is 10.5. The van der Waals surface area contributed by atoms with Crippen LogP contribution in [-0.2, 0) is 6.42 Å². The quantitative estimate of drug-likeness (QED) is 0.677. The van der Waals surface area contributed by atoms with Crippen LogP contribution in [0.3, 0.4) is 0 Å². The molecule has 0 saturated heterocycles. The fraction of sp³-hybridized carbons (Fsp3) is 0.500. The van der Waals surface area contributed by atoms with Crippen LogP contribution in [0.4, 0.5) is 5.69 Å². The molecular formula is C14H19N. The molecule has 80 valence electrons. The van der Waals surface area contributed by atoms with Crippen molar-refractivity contribution >= 4 is 11.4 Å². The molecule has 0 bridgehead atoms. The van der Waals surface area contributed by atoms with Gasteiger partial charge in [-0.25, -0.2) is 0 Å². The van der Waals surface area contributed by atoms with Gasteiger partial charge in [-0.05, 0) is 49.8 Å². The number of aliphatic imine (C=N–C) groups is 1. The van der Waals surface area contributed by atoms with Gasteiger partial charge >= 0.3 is 0 Å². The molecule has 1 nitrogen and oxygen atoms in total. The summed E-state index contributed by atoms with van der Waals surface area (Å²) in [5.41, 5.74) is 3.92. The van der Waals surface area contributed by atoms with E-state index in [0.717, 1.165) is 12.1 Å². The molecule has 2 rings (SSSR count). The van der Waals surface area contributed by atoms with E-state index in [1.165, 1.54) is 43.4 Å². The third kappa shape index (κ3) is 2.92. The molecule has 0 unspecified atom stereocenters. The zero-order valence-electron chi connectivity index (χ0n) is 9.50. The van der Waals surface area contributed by atoms with Crippen molar-refractivity contribution in [3.8, 4) is 0 Å². The molecule has 1 fully saturated rings. The first-order chi connectivity index (χ1) is 7.38. The zero-order valence-corrected chi connectivity index (χ0v) is 9.50. The van der Waals surface area contributed by atoms with Crippen LogP contribution in [-0.4, -0.2) is 5.71 Å². The maximum absolute atomic E-state index is 4.74. The summed E-state index contributed by atoms with van der Waals surface area (Å²) in [5, 5.41) is 0. The van der Waals surface area contributed by atoms with E-state index in [1.807, 2.05) is 0 Å². The third-order valence-electron chi connectivity index (χ3n) is 3.04. The molecule has 0 spiro atoms. The van der Waals surface area contributed by atoms with Gasteiger partial charge in [-0.1, -0.05) is 25.5 Å². The minimum absolute atomic E-state index is 1.10. The van der Waals surface area contributed by atoms with E-state index in [-0.39, 0.29) is 0 Å². The van der Waals surface area contributed by atoms with Crippen molar-refractivity contribution in [2.24, 2.45) is 4.99 Å². The van der Waals surface area contributed by atoms with Gasteiger partial charge in [0.15, 0.2) is 0 Å². The highest BCUT2D eigenvalue weighted by Crippen LogP contribution is 2.20. The lowest BCUT2D eigenvalue weighted by atomic mass is 9.98. The summed E-state index contributed by atoms with van der Waals surface area (Å²) in [6.45, 7) is 2.19. The van der Waals surface area contributed by atoms with E-state index in [1.54, 1.807) is 0 Å². The Kier molecular flexibility index (Phi) is 3.54. The second kappa shape index (κ2) is 5.11. The fourth-order valence-electron chi connectivity index (χ4n) is 2.10. The van der Waals surface area contributed by atoms with Crippen molar-refractivity contribution in [2.75, 3.05) is 0 Å². The van der Waals surface area contributed by atoms with Gasteiger partial charge in [-0.2, -0.15) is 0 Å². The molecule has 0 atom stereocenters. The van der Waals surface area contributed by atoms with Crippen molar-refractivity contribution in [3.63, 3.8) is 0 Å². The van der Waals surface area contributed by atoms with Crippen LogP contribution in [0.5, 0.6) is 0 Å². The van der Waals surface area contributed by atoms with E-state index >= 15 is 0 Å². The Bertz CT molecular complexity index is 344. The van der Waals surface area contributed by atoms with Gasteiger partial charge in [-0.15, -0.1) is 0 Å². The van der Waals surface area contributed by atoms with Crippen molar-refractivity contribution in [2.45, 2.75) is 45.4 Å². The van der Waals surface area contributed by atoms with Crippen molar-refractivity contribution in [3.05, 3.63) is 29.8 Å². The van der Waals surface area contributed by atoms with Crippen molar-refractivity contribution in [1.82, 2.24) is 0 Å². The Morgan fingerprint density at radius 3 is 2.67 bits per heavy atom. The monoisotopic (exact) mass is 201 g/mol. The number of aryl methyl sites for hydroxylation is 1. The Morgan fingerprint density at radius 2 is 1.93 bits per heavy atom. The van der Waals surface area contributed by atoms with Crippen LogP contribution < -0.4 is 0 Å². The minimum Gasteiger partial charge on any atom is -0.258 e. The van der Waals surface area contributed by atoms with E-state index < -0.39 is 0 Å². The molecule has 0 heterocycles. The lowest BCUT2D eigenvalue weighted by Gasteiger charge is -2.12. The Hall–Kier alpha value is -1.11. The van der Waals surface area contributed by atoms with Crippen molar-refractivity contribution in [1.29, 1.82) is 0 Å². The smallest absolute Gasteiger partial charge is 0.0631 e. The Labute approximate surface area is 92.2 Å². The summed E-state index contributed by atoms with van der Waals surface area (Å²) < 4.78 is 0. The van der Waals surface area contributed by atoms with Gasteiger partial charge in [-0.3, -0.25) is 4.99 Å². The molecule has 15 heavy (non-hydrogen) atoms. The molecule has 1 saturated carbocycles. The van der Waals surface area contributed by atoms with Gasteiger partial charge < -0.3 is 0 Å². The highest BCUT2D eigenvalue weighted by atomic mass is 14.7. The lowest BCUT2D eigenvalue weighted by Crippen LogP contribution is -2.03. The molecule has 0 aromatic heterocycles. The normalized spacial score (nSPS) is 16.5. The number of hydrogen-bond acceptors (Lipinski definition) is 1. The average molecular weight is 201 g/mol. The number of rotatable bonds is 2. The Morgan fingerprint density at radius 1 is 1.13 bits per heavy atom. The van der Waals surface area contributed by atoms with Crippen LogP contribution >= 0.6 is 0 Å². The predicted molar refractivity (Wildman–Crippen MR) is 66.0 cm³/mol. The molecule has 1 aromatic rings. The van der Waals surface area contributed by atoms with E-state index in [2.05, 4.69) is 31.2 Å². The maximum atomic E-state index is 4.74. The average Bonchev–Trinajstić information content (AvgIpc) is 2.31. The second-order valence-corrected chi connectivity index (χ2v) is 4.26. The first-order valence-corrected chi connectivity index (χ1v) is 6.04. The summed E-state index contributed by atoms with van der Waals surface area (Å²) >= 11 is 0. The molecule has 0 radical (unpaired) electrons. The van der Waals surface area contributed by atoms with E-state index in [0.29, 0.717) is 0 Å². The fourth-order valence-corrected chi connectivity index (χ4v) is 2.10. The van der Waals surface area contributed by atoms with Gasteiger partial charge in [0.2, 0.25) is 0 Å². The van der Waals surface area contributed by atoms with E-state index in [9.17, 15) is 0 Å². The topological polar surface area (TPSA) is 12.4 Å². The summed E-state index contributed by atoms with van der Waals surface area (Å²) in [7, 11) is 0. The molecule has 0 aliphatic heterocycles. The molecule has 1 heteroatoms. The van der Waals surface area contributed by atoms with E-state index in [4.69, 9.17) is 4.99 Å². The SMILES string of the molecule is CCc1cccc(N=C2CCCCC2)c1. The summed E-state index contributed by atoms with van der Waals surface area (Å²) in [6, 6.07) is 8.61. The molecular weight excluding hydrogens is 182 g/mol. The van der Waals surface area contributed by atoms with Crippen LogP contribution in [0, 0.1) is 0 Å². The first kappa shape index (κ1) is 10.4. The molecule has 0 N–H and O–H groups in total. The molecule has 1 aliphatic carbocycles. The van der Waals surface area contributed by atoms with Gasteiger partial charge in [0.25, 0.3) is 0 Å². The predicted octanol–water partition coefficient (Wildman–Crippen LogP) is 4.29. The number of benzene rings is 1. The van der Waals surface area contributed by atoms with Gasteiger partial charge in [0.1, 0.15) is 0 Å². The van der Waals surface area contributed by atoms with Crippen molar-refractivity contribution < 1.29 is 0 Å². The van der Waals surface area contributed by atoms with Crippen LogP contribution in [0.25, 0.3) is 0 Å². The van der Waals surface area contributed by atoms with Gasteiger partial charge in [0, 0.05) is 5.71 Å². The second-order valence-electron chi connectivity index (χ2n) is 4.26.